The van der Waals surface area contributed by atoms with Gasteiger partial charge in [0.05, 0.1) is 17.3 Å². The van der Waals surface area contributed by atoms with E-state index in [9.17, 15) is 14.4 Å². The molecule has 1 fully saturated rings. The number of nitrogens with zero attached hydrogens (tertiary/aromatic N) is 2. The van der Waals surface area contributed by atoms with Crippen molar-refractivity contribution in [3.8, 4) is 0 Å². The standard InChI is InChI=1S/C23H28ClN5O3/c1-15(30)26-18-7-8-20(19(24)12-18)27-22(31)14-29-10-9-28(3)21(13-29)16-5-4-6-17(11-16)23(32)25-2/h4-8,11-12,21H,9-10,13-14H2,1-3H3,(H,25,32)(H,26,30)(H,27,31). The van der Waals surface area contributed by atoms with E-state index in [1.165, 1.54) is 6.92 Å². The van der Waals surface area contributed by atoms with Gasteiger partial charge in [0.15, 0.2) is 0 Å². The first kappa shape index (κ1) is 23.7. The van der Waals surface area contributed by atoms with Gasteiger partial charge in [0.1, 0.15) is 0 Å². The van der Waals surface area contributed by atoms with Gasteiger partial charge >= 0.3 is 0 Å². The van der Waals surface area contributed by atoms with Gasteiger partial charge in [-0.1, -0.05) is 23.7 Å². The second-order valence-corrected chi connectivity index (χ2v) is 8.27. The SMILES string of the molecule is CNC(=O)c1cccc(C2CN(CC(=O)Nc3ccc(NC(C)=O)cc3Cl)CCN2C)c1. The Bertz CT molecular complexity index is 1010. The van der Waals surface area contributed by atoms with Gasteiger partial charge in [-0.2, -0.15) is 0 Å². The molecule has 3 rings (SSSR count). The van der Waals surface area contributed by atoms with Gasteiger partial charge < -0.3 is 16.0 Å². The van der Waals surface area contributed by atoms with Crippen LogP contribution in [0.1, 0.15) is 28.9 Å². The number of hydrogen-bond acceptors (Lipinski definition) is 5. The third-order valence-corrected chi connectivity index (χ3v) is 5.74. The molecule has 1 atom stereocenters. The summed E-state index contributed by atoms with van der Waals surface area (Å²) in [5.74, 6) is -0.479. The largest absolute Gasteiger partial charge is 0.355 e. The van der Waals surface area contributed by atoms with Crippen LogP contribution in [0.3, 0.4) is 0 Å². The average molecular weight is 458 g/mol. The molecule has 1 heterocycles. The van der Waals surface area contributed by atoms with E-state index in [1.807, 2.05) is 25.2 Å². The Morgan fingerprint density at radius 3 is 2.56 bits per heavy atom. The normalized spacial score (nSPS) is 16.9. The third-order valence-electron chi connectivity index (χ3n) is 5.42. The summed E-state index contributed by atoms with van der Waals surface area (Å²) in [6.07, 6.45) is 0. The molecule has 1 aliphatic heterocycles. The van der Waals surface area contributed by atoms with Crippen molar-refractivity contribution in [3.63, 3.8) is 0 Å². The van der Waals surface area contributed by atoms with E-state index in [0.29, 0.717) is 28.5 Å². The Morgan fingerprint density at radius 1 is 1.09 bits per heavy atom. The molecule has 0 spiro atoms. The van der Waals surface area contributed by atoms with E-state index in [1.54, 1.807) is 31.3 Å². The summed E-state index contributed by atoms with van der Waals surface area (Å²) in [7, 11) is 3.66. The Balaban J connectivity index is 1.64. The highest BCUT2D eigenvalue weighted by Crippen LogP contribution is 2.27. The van der Waals surface area contributed by atoms with Crippen LogP contribution in [0.5, 0.6) is 0 Å². The number of nitrogens with one attached hydrogen (secondary N) is 3. The maximum Gasteiger partial charge on any atom is 0.251 e. The van der Waals surface area contributed by atoms with Crippen molar-refractivity contribution in [3.05, 3.63) is 58.6 Å². The number of benzene rings is 2. The van der Waals surface area contributed by atoms with Crippen molar-refractivity contribution in [1.82, 2.24) is 15.1 Å². The second-order valence-electron chi connectivity index (χ2n) is 7.86. The summed E-state index contributed by atoms with van der Waals surface area (Å²) >= 11 is 6.26. The number of rotatable bonds is 6. The first-order chi connectivity index (χ1) is 15.3. The number of carbonyl (C=O) groups excluding carboxylic acids is 3. The minimum atomic E-state index is -0.191. The van der Waals surface area contributed by atoms with Gasteiger partial charge in [-0.05, 0) is 42.9 Å². The molecule has 0 saturated carbocycles. The fourth-order valence-electron chi connectivity index (χ4n) is 3.76. The molecule has 8 nitrogen and oxygen atoms in total. The van der Waals surface area contributed by atoms with Gasteiger partial charge in [0.2, 0.25) is 11.8 Å². The van der Waals surface area contributed by atoms with E-state index < -0.39 is 0 Å². The maximum atomic E-state index is 12.7. The Labute approximate surface area is 192 Å². The van der Waals surface area contributed by atoms with Crippen molar-refractivity contribution in [2.75, 3.05) is 50.9 Å². The predicted molar refractivity (Wildman–Crippen MR) is 126 cm³/mol. The van der Waals surface area contributed by atoms with Crippen molar-refractivity contribution in [2.45, 2.75) is 13.0 Å². The monoisotopic (exact) mass is 457 g/mol. The number of anilines is 2. The summed E-state index contributed by atoms with van der Waals surface area (Å²) < 4.78 is 0. The molecule has 0 aromatic heterocycles. The molecule has 9 heteroatoms. The predicted octanol–water partition coefficient (Wildman–Crippen LogP) is 2.59. The average Bonchev–Trinajstić information content (AvgIpc) is 2.76. The highest BCUT2D eigenvalue weighted by atomic mass is 35.5. The molecular weight excluding hydrogens is 430 g/mol. The first-order valence-electron chi connectivity index (χ1n) is 10.4. The second kappa shape index (κ2) is 10.6. The summed E-state index contributed by atoms with van der Waals surface area (Å²) in [6, 6.07) is 12.6. The van der Waals surface area contributed by atoms with Crippen LogP contribution in [-0.2, 0) is 9.59 Å². The van der Waals surface area contributed by atoms with Gasteiger partial charge in [0.25, 0.3) is 5.91 Å². The van der Waals surface area contributed by atoms with E-state index in [0.717, 1.165) is 18.7 Å². The fourth-order valence-corrected chi connectivity index (χ4v) is 3.98. The van der Waals surface area contributed by atoms with Crippen molar-refractivity contribution >= 4 is 40.7 Å². The number of hydrogen-bond donors (Lipinski definition) is 3. The number of likely N-dealkylation sites (N-methyl/N-ethyl adjacent to an activating group) is 1. The van der Waals surface area contributed by atoms with Crippen molar-refractivity contribution < 1.29 is 14.4 Å². The van der Waals surface area contributed by atoms with Gasteiger partial charge in [0, 0.05) is 50.9 Å². The van der Waals surface area contributed by atoms with Crippen LogP contribution < -0.4 is 16.0 Å². The summed E-state index contributed by atoms with van der Waals surface area (Å²) in [4.78, 5) is 40.1. The lowest BCUT2D eigenvalue weighted by Gasteiger charge is -2.39. The summed E-state index contributed by atoms with van der Waals surface area (Å²) in [6.45, 7) is 3.86. The van der Waals surface area contributed by atoms with Crippen LogP contribution in [-0.4, -0.2) is 67.8 Å². The molecule has 2 aromatic rings. The highest BCUT2D eigenvalue weighted by molar-refractivity contribution is 6.34. The highest BCUT2D eigenvalue weighted by Gasteiger charge is 2.27. The molecule has 0 bridgehead atoms. The molecule has 1 aliphatic rings. The minimum Gasteiger partial charge on any atom is -0.355 e. The lowest BCUT2D eigenvalue weighted by molar-refractivity contribution is -0.118. The number of halogens is 1. The fraction of sp³-hybridized carbons (Fsp3) is 0.348. The van der Waals surface area contributed by atoms with E-state index in [4.69, 9.17) is 11.6 Å². The molecule has 170 valence electrons. The Morgan fingerprint density at radius 2 is 1.88 bits per heavy atom. The molecule has 0 radical (unpaired) electrons. The zero-order valence-corrected chi connectivity index (χ0v) is 19.2. The minimum absolute atomic E-state index is 0.0710. The van der Waals surface area contributed by atoms with E-state index in [2.05, 4.69) is 25.8 Å². The van der Waals surface area contributed by atoms with Crippen LogP contribution in [0.4, 0.5) is 11.4 Å². The maximum absolute atomic E-state index is 12.7. The van der Waals surface area contributed by atoms with Gasteiger partial charge in [-0.3, -0.25) is 24.2 Å². The number of piperazine rings is 1. The molecular formula is C23H28ClN5O3. The number of amides is 3. The molecule has 1 unspecified atom stereocenters. The molecule has 32 heavy (non-hydrogen) atoms. The molecule has 0 aliphatic carbocycles. The summed E-state index contributed by atoms with van der Waals surface area (Å²) in [5.41, 5.74) is 2.72. The first-order valence-corrected chi connectivity index (χ1v) is 10.8. The topological polar surface area (TPSA) is 93.8 Å². The van der Waals surface area contributed by atoms with Crippen LogP contribution in [0.15, 0.2) is 42.5 Å². The zero-order valence-electron chi connectivity index (χ0n) is 18.4. The zero-order chi connectivity index (χ0) is 23.3. The van der Waals surface area contributed by atoms with Crippen LogP contribution in [0.25, 0.3) is 0 Å². The quantitative estimate of drug-likeness (QED) is 0.620. The lowest BCUT2D eigenvalue weighted by atomic mass is 10.00. The Hall–Kier alpha value is -2.94. The molecule has 3 amide bonds. The van der Waals surface area contributed by atoms with Crippen LogP contribution in [0, 0.1) is 0 Å². The Kier molecular flexibility index (Phi) is 7.84. The smallest absolute Gasteiger partial charge is 0.251 e. The van der Waals surface area contributed by atoms with E-state index in [-0.39, 0.29) is 30.3 Å². The van der Waals surface area contributed by atoms with Gasteiger partial charge in [-0.25, -0.2) is 0 Å². The van der Waals surface area contributed by atoms with Crippen molar-refractivity contribution in [2.24, 2.45) is 0 Å². The molecule has 2 aromatic carbocycles. The number of carbonyl (C=O) groups is 3. The lowest BCUT2D eigenvalue weighted by Crippen LogP contribution is -2.48. The summed E-state index contributed by atoms with van der Waals surface area (Å²) in [5, 5.41) is 8.50. The van der Waals surface area contributed by atoms with Crippen LogP contribution >= 0.6 is 11.6 Å². The van der Waals surface area contributed by atoms with Gasteiger partial charge in [-0.15, -0.1) is 0 Å². The third kappa shape index (κ3) is 6.06. The molecule has 3 N–H and O–H groups in total. The van der Waals surface area contributed by atoms with E-state index >= 15 is 0 Å². The van der Waals surface area contributed by atoms with Crippen LogP contribution in [0.2, 0.25) is 5.02 Å². The molecule has 1 saturated heterocycles. The van der Waals surface area contributed by atoms with Crippen molar-refractivity contribution in [1.29, 1.82) is 0 Å².